The number of carbonyl (C=O) groups excluding carboxylic acids is 3. The lowest BCUT2D eigenvalue weighted by molar-refractivity contribution is -0.167. The third-order valence-electron chi connectivity index (χ3n) is 10.7. The first-order valence-corrected chi connectivity index (χ1v) is 26.9. The summed E-state index contributed by atoms with van der Waals surface area (Å²) in [7, 11) is 0. The Kier molecular flexibility index (Phi) is 51.1. The first kappa shape index (κ1) is 63.3. The smallest absolute Gasteiger partial charge is 0.306 e. The van der Waals surface area contributed by atoms with E-state index in [0.29, 0.717) is 12.8 Å². The molecule has 0 spiro atoms. The fourth-order valence-electron chi connectivity index (χ4n) is 6.71. The van der Waals surface area contributed by atoms with E-state index < -0.39 is 6.10 Å². The van der Waals surface area contributed by atoms with Gasteiger partial charge in [-0.2, -0.15) is 0 Å². The molecule has 0 heterocycles. The van der Waals surface area contributed by atoms with E-state index in [9.17, 15) is 14.4 Å². The molecule has 0 saturated carbocycles. The molecule has 0 rings (SSSR count). The molecular formula is C62H96O6. The van der Waals surface area contributed by atoms with Gasteiger partial charge in [-0.3, -0.25) is 14.4 Å². The highest BCUT2D eigenvalue weighted by molar-refractivity contribution is 5.71. The lowest BCUT2D eigenvalue weighted by Crippen LogP contribution is -2.30. The van der Waals surface area contributed by atoms with E-state index in [-0.39, 0.29) is 37.5 Å². The van der Waals surface area contributed by atoms with Crippen molar-refractivity contribution in [2.24, 2.45) is 0 Å². The van der Waals surface area contributed by atoms with Crippen LogP contribution < -0.4 is 0 Å². The van der Waals surface area contributed by atoms with Gasteiger partial charge in [-0.1, -0.05) is 224 Å². The SMILES string of the molecule is CC\C=C/C=C\C=C/C=C\CCCCCC(=O)OCC(COC(=O)CCCCC/C=C\C/C=C\C/C=C\C/C=C\C/C=C\CC)OC(=O)CCCCCCC\C=C/C=C\C=C/CCCCCCC. The van der Waals surface area contributed by atoms with Crippen LogP contribution in [0, 0.1) is 0 Å². The summed E-state index contributed by atoms with van der Waals surface area (Å²) in [4.78, 5) is 38.1. The molecule has 0 saturated heterocycles. The summed E-state index contributed by atoms with van der Waals surface area (Å²) in [6.07, 6.45) is 78.3. The van der Waals surface area contributed by atoms with Gasteiger partial charge in [0.05, 0.1) is 0 Å². The predicted molar refractivity (Wildman–Crippen MR) is 292 cm³/mol. The molecule has 0 aromatic carbocycles. The summed E-state index contributed by atoms with van der Waals surface area (Å²) >= 11 is 0. The van der Waals surface area contributed by atoms with Crippen molar-refractivity contribution in [1.82, 2.24) is 0 Å². The molecule has 6 nitrogen and oxygen atoms in total. The van der Waals surface area contributed by atoms with E-state index in [2.05, 4.69) is 130 Å². The van der Waals surface area contributed by atoms with Gasteiger partial charge < -0.3 is 14.2 Å². The van der Waals surface area contributed by atoms with Gasteiger partial charge in [0.2, 0.25) is 0 Å². The van der Waals surface area contributed by atoms with Crippen molar-refractivity contribution in [3.05, 3.63) is 146 Å². The second kappa shape index (κ2) is 54.9. The lowest BCUT2D eigenvalue weighted by atomic mass is 10.1. The zero-order valence-corrected chi connectivity index (χ0v) is 43.3. The van der Waals surface area contributed by atoms with Crippen LogP contribution in [-0.2, 0) is 28.6 Å². The maximum Gasteiger partial charge on any atom is 0.306 e. The van der Waals surface area contributed by atoms with Gasteiger partial charge in [-0.25, -0.2) is 0 Å². The normalized spacial score (nSPS) is 13.3. The topological polar surface area (TPSA) is 78.9 Å². The van der Waals surface area contributed by atoms with E-state index in [1.807, 2.05) is 36.5 Å². The molecule has 6 heteroatoms. The molecule has 0 aliphatic rings. The Labute approximate surface area is 417 Å². The van der Waals surface area contributed by atoms with Crippen molar-refractivity contribution in [1.29, 1.82) is 0 Å². The molecule has 0 aliphatic carbocycles. The summed E-state index contributed by atoms with van der Waals surface area (Å²) < 4.78 is 16.7. The molecule has 0 aromatic heterocycles. The fourth-order valence-corrected chi connectivity index (χ4v) is 6.71. The Balaban J connectivity index is 4.57. The largest absolute Gasteiger partial charge is 0.462 e. The van der Waals surface area contributed by atoms with Crippen LogP contribution in [0.25, 0.3) is 0 Å². The molecule has 0 amide bonds. The van der Waals surface area contributed by atoms with Gasteiger partial charge in [0.25, 0.3) is 0 Å². The van der Waals surface area contributed by atoms with E-state index >= 15 is 0 Å². The molecule has 0 bridgehead atoms. The van der Waals surface area contributed by atoms with E-state index in [0.717, 1.165) is 135 Å². The van der Waals surface area contributed by atoms with Crippen LogP contribution in [0.1, 0.15) is 207 Å². The van der Waals surface area contributed by atoms with Crippen LogP contribution >= 0.6 is 0 Å². The van der Waals surface area contributed by atoms with Crippen LogP contribution in [0.5, 0.6) is 0 Å². The van der Waals surface area contributed by atoms with Crippen LogP contribution in [0.4, 0.5) is 0 Å². The number of esters is 3. The molecular weight excluding hydrogens is 841 g/mol. The fraction of sp³-hybridized carbons (Fsp3) is 0.565. The number of rotatable bonds is 46. The standard InChI is InChI=1S/C62H96O6/c1-4-7-10-13-16-19-22-25-27-29-31-33-34-37-40-43-46-49-52-55-61(64)67-58-59(57-66-60(63)54-51-48-45-42-39-36-24-21-18-15-12-9-6-3)68-62(65)56-53-50-47-44-41-38-35-32-30-28-26-23-20-17-14-11-8-5-2/h7,9-10,12,15-16,18-19,21,23-28,30-33,35-37,39-40,59H,4-6,8,11,13-14,17,20,22,29,34,38,41-58H2,1-3H3/b10-7-,12-9-,18-15-,19-16-,24-21-,26-23-,27-25-,30-28-,33-31-,35-32-,39-36-,40-37-. The van der Waals surface area contributed by atoms with Gasteiger partial charge in [0, 0.05) is 19.3 Å². The van der Waals surface area contributed by atoms with Gasteiger partial charge >= 0.3 is 17.9 Å². The average Bonchev–Trinajstić information content (AvgIpc) is 3.34. The molecule has 68 heavy (non-hydrogen) atoms. The van der Waals surface area contributed by atoms with Gasteiger partial charge in [0.1, 0.15) is 13.2 Å². The molecule has 1 atom stereocenters. The summed E-state index contributed by atoms with van der Waals surface area (Å²) in [5, 5.41) is 0. The summed E-state index contributed by atoms with van der Waals surface area (Å²) in [5.74, 6) is -1.02. The van der Waals surface area contributed by atoms with Crippen LogP contribution in [0.15, 0.2) is 146 Å². The zero-order chi connectivity index (χ0) is 49.3. The molecule has 0 aromatic rings. The third-order valence-corrected chi connectivity index (χ3v) is 10.7. The Morgan fingerprint density at radius 2 is 0.647 bits per heavy atom. The third kappa shape index (κ3) is 52.3. The zero-order valence-electron chi connectivity index (χ0n) is 43.3. The van der Waals surface area contributed by atoms with E-state index in [4.69, 9.17) is 14.2 Å². The minimum Gasteiger partial charge on any atom is -0.462 e. The molecule has 1 unspecified atom stereocenters. The molecule has 0 fully saturated rings. The number of hydrogen-bond acceptors (Lipinski definition) is 6. The number of carbonyl (C=O) groups is 3. The van der Waals surface area contributed by atoms with Crippen molar-refractivity contribution >= 4 is 17.9 Å². The average molecular weight is 937 g/mol. The first-order valence-electron chi connectivity index (χ1n) is 26.9. The Morgan fingerprint density at radius 3 is 1.09 bits per heavy atom. The van der Waals surface area contributed by atoms with Crippen molar-refractivity contribution in [3.63, 3.8) is 0 Å². The highest BCUT2D eigenvalue weighted by atomic mass is 16.6. The predicted octanol–water partition coefficient (Wildman–Crippen LogP) is 18.0. The monoisotopic (exact) mass is 937 g/mol. The van der Waals surface area contributed by atoms with Gasteiger partial charge in [0.15, 0.2) is 6.10 Å². The number of ether oxygens (including phenoxy) is 3. The van der Waals surface area contributed by atoms with Crippen LogP contribution in [0.2, 0.25) is 0 Å². The summed E-state index contributed by atoms with van der Waals surface area (Å²) in [6, 6.07) is 0. The van der Waals surface area contributed by atoms with Crippen LogP contribution in [0.3, 0.4) is 0 Å². The van der Waals surface area contributed by atoms with Crippen molar-refractivity contribution in [3.8, 4) is 0 Å². The summed E-state index contributed by atoms with van der Waals surface area (Å²) in [5.41, 5.74) is 0. The minimum atomic E-state index is -0.826. The number of hydrogen-bond donors (Lipinski definition) is 0. The molecule has 380 valence electrons. The van der Waals surface area contributed by atoms with E-state index in [1.54, 1.807) is 0 Å². The first-order chi connectivity index (χ1) is 33.5. The lowest BCUT2D eigenvalue weighted by Gasteiger charge is -2.18. The minimum absolute atomic E-state index is 0.123. The molecule has 0 aliphatic heterocycles. The quantitative estimate of drug-likeness (QED) is 0.0199. The van der Waals surface area contributed by atoms with Crippen molar-refractivity contribution in [2.75, 3.05) is 13.2 Å². The number of allylic oxidation sites excluding steroid dienone is 24. The van der Waals surface area contributed by atoms with Crippen molar-refractivity contribution < 1.29 is 28.6 Å². The molecule has 0 radical (unpaired) electrons. The maximum atomic E-state index is 12.8. The van der Waals surface area contributed by atoms with Gasteiger partial charge in [-0.15, -0.1) is 0 Å². The van der Waals surface area contributed by atoms with Gasteiger partial charge in [-0.05, 0) is 109 Å². The second-order valence-corrected chi connectivity index (χ2v) is 17.2. The van der Waals surface area contributed by atoms with Crippen LogP contribution in [-0.4, -0.2) is 37.2 Å². The number of unbranched alkanes of at least 4 members (excludes halogenated alkanes) is 16. The second-order valence-electron chi connectivity index (χ2n) is 17.2. The highest BCUT2D eigenvalue weighted by Crippen LogP contribution is 2.12. The Morgan fingerprint density at radius 1 is 0.324 bits per heavy atom. The Bertz CT molecular complexity index is 1540. The van der Waals surface area contributed by atoms with Crippen molar-refractivity contribution in [2.45, 2.75) is 213 Å². The molecule has 0 N–H and O–H groups in total. The Hall–Kier alpha value is -4.71. The highest BCUT2D eigenvalue weighted by Gasteiger charge is 2.19. The van der Waals surface area contributed by atoms with E-state index in [1.165, 1.54) is 32.1 Å². The summed E-state index contributed by atoms with van der Waals surface area (Å²) in [6.45, 7) is 6.26. The maximum absolute atomic E-state index is 12.8.